The highest BCUT2D eigenvalue weighted by atomic mass is 35.5. The number of carbonyl (C=O) groups is 1. The van der Waals surface area contributed by atoms with Crippen molar-refractivity contribution in [2.75, 3.05) is 6.54 Å². The van der Waals surface area contributed by atoms with Crippen molar-refractivity contribution >= 4 is 18.3 Å². The summed E-state index contributed by atoms with van der Waals surface area (Å²) in [6, 6.07) is 0.177. The van der Waals surface area contributed by atoms with E-state index in [2.05, 4.69) is 4.90 Å². The van der Waals surface area contributed by atoms with Crippen LogP contribution in [0.5, 0.6) is 0 Å². The van der Waals surface area contributed by atoms with Gasteiger partial charge in [-0.15, -0.1) is 12.4 Å². The zero-order valence-electron chi connectivity index (χ0n) is 10.0. The molecule has 16 heavy (non-hydrogen) atoms. The van der Waals surface area contributed by atoms with Crippen LogP contribution in [0.3, 0.4) is 0 Å². The lowest BCUT2D eigenvalue weighted by Crippen LogP contribution is -2.53. The summed E-state index contributed by atoms with van der Waals surface area (Å²) in [5.41, 5.74) is 5.70. The van der Waals surface area contributed by atoms with Gasteiger partial charge in [0.15, 0.2) is 0 Å². The SMILES string of the molecule is C[C@H](N)C(=O)N1CCC[C@H]2CCCC[C@H]21.Cl. The van der Waals surface area contributed by atoms with Crippen LogP contribution in [0.25, 0.3) is 0 Å². The largest absolute Gasteiger partial charge is 0.338 e. The van der Waals surface area contributed by atoms with E-state index < -0.39 is 0 Å². The van der Waals surface area contributed by atoms with Gasteiger partial charge in [-0.25, -0.2) is 0 Å². The van der Waals surface area contributed by atoms with E-state index in [1.807, 2.05) is 0 Å². The average Bonchev–Trinajstić information content (AvgIpc) is 2.27. The van der Waals surface area contributed by atoms with Crippen molar-refractivity contribution in [1.82, 2.24) is 4.90 Å². The number of piperidine rings is 1. The Bertz CT molecular complexity index is 243. The van der Waals surface area contributed by atoms with Crippen molar-refractivity contribution in [2.45, 2.75) is 57.5 Å². The van der Waals surface area contributed by atoms with Crippen LogP contribution >= 0.6 is 12.4 Å². The maximum atomic E-state index is 12.0. The van der Waals surface area contributed by atoms with E-state index in [4.69, 9.17) is 5.73 Å². The molecule has 1 heterocycles. The standard InChI is InChI=1S/C12H22N2O.ClH/c1-9(13)12(15)14-8-4-6-10-5-2-3-7-11(10)14;/h9-11H,2-8,13H2,1H3;1H/t9-,10+,11+;/m0./s1. The minimum absolute atomic E-state index is 0. The molecule has 1 amide bonds. The minimum atomic E-state index is -0.328. The van der Waals surface area contributed by atoms with Crippen LogP contribution in [-0.4, -0.2) is 29.4 Å². The second kappa shape index (κ2) is 5.87. The molecule has 0 bridgehead atoms. The van der Waals surface area contributed by atoms with Crippen LogP contribution < -0.4 is 5.73 Å². The maximum Gasteiger partial charge on any atom is 0.239 e. The summed E-state index contributed by atoms with van der Waals surface area (Å²) in [4.78, 5) is 14.0. The number of fused-ring (bicyclic) bond motifs is 1. The van der Waals surface area contributed by atoms with Crippen LogP contribution in [0.2, 0.25) is 0 Å². The van der Waals surface area contributed by atoms with Crippen LogP contribution in [0.1, 0.15) is 45.4 Å². The highest BCUT2D eigenvalue weighted by Gasteiger charge is 2.36. The molecule has 1 aliphatic carbocycles. The molecule has 2 rings (SSSR count). The molecule has 0 aromatic rings. The number of hydrogen-bond donors (Lipinski definition) is 1. The summed E-state index contributed by atoms with van der Waals surface area (Å²) in [7, 11) is 0. The molecule has 3 nitrogen and oxygen atoms in total. The zero-order valence-corrected chi connectivity index (χ0v) is 10.8. The minimum Gasteiger partial charge on any atom is -0.338 e. The van der Waals surface area contributed by atoms with Gasteiger partial charge in [0, 0.05) is 12.6 Å². The van der Waals surface area contributed by atoms with Gasteiger partial charge in [0.2, 0.25) is 5.91 Å². The number of rotatable bonds is 1. The van der Waals surface area contributed by atoms with E-state index in [-0.39, 0.29) is 24.4 Å². The molecule has 0 aromatic heterocycles. The summed E-state index contributed by atoms with van der Waals surface area (Å²) in [5, 5.41) is 0. The fourth-order valence-corrected chi connectivity index (χ4v) is 3.16. The van der Waals surface area contributed by atoms with E-state index in [0.717, 1.165) is 12.5 Å². The molecular weight excluding hydrogens is 224 g/mol. The number of nitrogens with zero attached hydrogens (tertiary/aromatic N) is 1. The zero-order chi connectivity index (χ0) is 10.8. The van der Waals surface area contributed by atoms with Gasteiger partial charge in [0.1, 0.15) is 0 Å². The van der Waals surface area contributed by atoms with Gasteiger partial charge in [0.25, 0.3) is 0 Å². The van der Waals surface area contributed by atoms with Gasteiger partial charge in [0.05, 0.1) is 6.04 Å². The molecule has 2 aliphatic rings. The molecule has 1 saturated carbocycles. The van der Waals surface area contributed by atoms with Crippen LogP contribution in [-0.2, 0) is 4.79 Å². The van der Waals surface area contributed by atoms with Gasteiger partial charge in [-0.3, -0.25) is 4.79 Å². The molecule has 0 aromatic carbocycles. The number of amides is 1. The molecule has 0 unspecified atom stereocenters. The molecule has 4 heteroatoms. The Morgan fingerprint density at radius 3 is 2.56 bits per heavy atom. The van der Waals surface area contributed by atoms with Crippen molar-refractivity contribution < 1.29 is 4.79 Å². The number of carbonyl (C=O) groups excluding carboxylic acids is 1. The molecule has 0 spiro atoms. The van der Waals surface area contributed by atoms with E-state index >= 15 is 0 Å². The van der Waals surface area contributed by atoms with E-state index in [9.17, 15) is 4.79 Å². The first-order valence-electron chi connectivity index (χ1n) is 6.26. The van der Waals surface area contributed by atoms with Crippen molar-refractivity contribution in [3.63, 3.8) is 0 Å². The van der Waals surface area contributed by atoms with Crippen LogP contribution in [0.15, 0.2) is 0 Å². The Balaban J connectivity index is 0.00000128. The van der Waals surface area contributed by atoms with Crippen molar-refractivity contribution in [1.29, 1.82) is 0 Å². The molecule has 3 atom stereocenters. The third-order valence-corrected chi connectivity index (χ3v) is 3.92. The third kappa shape index (κ3) is 2.69. The molecule has 2 N–H and O–H groups in total. The predicted octanol–water partition coefficient (Wildman–Crippen LogP) is 1.94. The lowest BCUT2D eigenvalue weighted by Gasteiger charge is -2.44. The summed E-state index contributed by atoms with van der Waals surface area (Å²) < 4.78 is 0. The topological polar surface area (TPSA) is 46.3 Å². The van der Waals surface area contributed by atoms with E-state index in [0.29, 0.717) is 6.04 Å². The summed E-state index contributed by atoms with van der Waals surface area (Å²) in [6.45, 7) is 2.73. The number of halogens is 1. The van der Waals surface area contributed by atoms with Gasteiger partial charge in [-0.2, -0.15) is 0 Å². The summed E-state index contributed by atoms with van der Waals surface area (Å²) >= 11 is 0. The molecule has 2 fully saturated rings. The Labute approximate surface area is 104 Å². The molecule has 1 aliphatic heterocycles. The molecule has 1 saturated heterocycles. The number of nitrogens with two attached hydrogens (primary N) is 1. The first kappa shape index (κ1) is 13.8. The average molecular weight is 247 g/mol. The predicted molar refractivity (Wildman–Crippen MR) is 67.6 cm³/mol. The van der Waals surface area contributed by atoms with E-state index in [1.165, 1.54) is 38.5 Å². The highest BCUT2D eigenvalue weighted by Crippen LogP contribution is 2.35. The fourth-order valence-electron chi connectivity index (χ4n) is 3.16. The molecular formula is C12H23ClN2O. The highest BCUT2D eigenvalue weighted by molar-refractivity contribution is 5.85. The van der Waals surface area contributed by atoms with Gasteiger partial charge in [-0.1, -0.05) is 12.8 Å². The van der Waals surface area contributed by atoms with Crippen LogP contribution in [0.4, 0.5) is 0 Å². The van der Waals surface area contributed by atoms with Crippen molar-refractivity contribution in [3.8, 4) is 0 Å². The first-order valence-corrected chi connectivity index (χ1v) is 6.26. The Morgan fingerprint density at radius 2 is 1.88 bits per heavy atom. The van der Waals surface area contributed by atoms with Crippen molar-refractivity contribution in [2.24, 2.45) is 11.7 Å². The Kier molecular flexibility index (Phi) is 5.06. The van der Waals surface area contributed by atoms with Gasteiger partial charge in [-0.05, 0) is 38.5 Å². The smallest absolute Gasteiger partial charge is 0.239 e. The third-order valence-electron chi connectivity index (χ3n) is 3.92. The lowest BCUT2D eigenvalue weighted by molar-refractivity contribution is -0.138. The quantitative estimate of drug-likeness (QED) is 0.769. The first-order chi connectivity index (χ1) is 7.20. The number of likely N-dealkylation sites (tertiary alicyclic amines) is 1. The van der Waals surface area contributed by atoms with E-state index in [1.54, 1.807) is 6.92 Å². The lowest BCUT2D eigenvalue weighted by atomic mass is 9.78. The fraction of sp³-hybridized carbons (Fsp3) is 0.917. The summed E-state index contributed by atoms with van der Waals surface area (Å²) in [6.07, 6.45) is 7.62. The number of hydrogen-bond acceptors (Lipinski definition) is 2. The Morgan fingerprint density at radius 1 is 1.25 bits per heavy atom. The normalized spacial score (nSPS) is 31.2. The second-order valence-electron chi connectivity index (χ2n) is 5.07. The van der Waals surface area contributed by atoms with Crippen LogP contribution in [0, 0.1) is 5.92 Å². The van der Waals surface area contributed by atoms with Gasteiger partial charge >= 0.3 is 0 Å². The Hall–Kier alpha value is -0.280. The molecule has 94 valence electrons. The summed E-state index contributed by atoms with van der Waals surface area (Å²) in [5.74, 6) is 0.918. The molecule has 0 radical (unpaired) electrons. The second-order valence-corrected chi connectivity index (χ2v) is 5.07. The van der Waals surface area contributed by atoms with Gasteiger partial charge < -0.3 is 10.6 Å². The monoisotopic (exact) mass is 246 g/mol. The van der Waals surface area contributed by atoms with Crippen molar-refractivity contribution in [3.05, 3.63) is 0 Å². The maximum absolute atomic E-state index is 12.0.